The third-order valence-corrected chi connectivity index (χ3v) is 5.78. The number of nitrogens with one attached hydrogen (secondary N) is 2. The summed E-state index contributed by atoms with van der Waals surface area (Å²) in [6.07, 6.45) is 2.46. The lowest BCUT2D eigenvalue weighted by Crippen LogP contribution is -2.37. The average molecular weight is 428 g/mol. The van der Waals surface area contributed by atoms with Crippen LogP contribution < -0.4 is 10.6 Å². The van der Waals surface area contributed by atoms with E-state index in [1.807, 2.05) is 58.0 Å². The van der Waals surface area contributed by atoms with Gasteiger partial charge in [-0.1, -0.05) is 35.9 Å². The lowest BCUT2D eigenvalue weighted by molar-refractivity contribution is -0.119. The average Bonchev–Trinajstić information content (AvgIpc) is 3.50. The summed E-state index contributed by atoms with van der Waals surface area (Å²) in [6, 6.07) is 10.2. The van der Waals surface area contributed by atoms with Crippen LogP contribution in [0.25, 0.3) is 0 Å². The molecule has 0 radical (unpaired) electrons. The molecule has 0 unspecified atom stereocenters. The van der Waals surface area contributed by atoms with Crippen LogP contribution in [0, 0.1) is 27.7 Å². The molecule has 0 spiro atoms. The van der Waals surface area contributed by atoms with Gasteiger partial charge in [0.25, 0.3) is 0 Å². The summed E-state index contributed by atoms with van der Waals surface area (Å²) in [6.45, 7) is 8.72. The Kier molecular flexibility index (Phi) is 7.16. The van der Waals surface area contributed by atoms with E-state index in [9.17, 15) is 9.59 Å². The van der Waals surface area contributed by atoms with Crippen molar-refractivity contribution < 1.29 is 9.59 Å². The fraction of sp³-hybridized carbons (Fsp3) is 0.417. The standard InChI is InChI=1S/C24H30ClN3O2/c1-15-12-18(4)24(20(25)13-15)26-21(29)10-11-28(19-8-9-19)14-22(30)27-23-16(2)6-5-7-17(23)3/h5-7,12-13,19H,8-11,14H2,1-4H3,(H,26,29)(H,27,30). The first-order valence-electron chi connectivity index (χ1n) is 10.4. The van der Waals surface area contributed by atoms with Gasteiger partial charge in [-0.15, -0.1) is 0 Å². The molecule has 3 rings (SSSR count). The normalized spacial score (nSPS) is 13.4. The highest BCUT2D eigenvalue weighted by molar-refractivity contribution is 6.34. The van der Waals surface area contributed by atoms with Gasteiger partial charge in [-0.2, -0.15) is 0 Å². The Morgan fingerprint density at radius 3 is 2.20 bits per heavy atom. The van der Waals surface area contributed by atoms with Gasteiger partial charge in [0.2, 0.25) is 11.8 Å². The first kappa shape index (κ1) is 22.3. The van der Waals surface area contributed by atoms with Gasteiger partial charge < -0.3 is 10.6 Å². The van der Waals surface area contributed by atoms with Crippen LogP contribution in [0.2, 0.25) is 5.02 Å². The topological polar surface area (TPSA) is 61.4 Å². The van der Waals surface area contributed by atoms with E-state index in [-0.39, 0.29) is 18.4 Å². The van der Waals surface area contributed by atoms with E-state index in [2.05, 4.69) is 15.5 Å². The van der Waals surface area contributed by atoms with Crippen LogP contribution in [-0.2, 0) is 9.59 Å². The van der Waals surface area contributed by atoms with Gasteiger partial charge >= 0.3 is 0 Å². The Morgan fingerprint density at radius 1 is 0.967 bits per heavy atom. The number of para-hydroxylation sites is 1. The highest BCUT2D eigenvalue weighted by atomic mass is 35.5. The zero-order valence-electron chi connectivity index (χ0n) is 18.1. The molecule has 30 heavy (non-hydrogen) atoms. The molecule has 0 bridgehead atoms. The molecule has 1 aliphatic rings. The maximum absolute atomic E-state index is 12.6. The van der Waals surface area contributed by atoms with Crippen molar-refractivity contribution in [3.8, 4) is 0 Å². The van der Waals surface area contributed by atoms with Crippen LogP contribution in [0.1, 0.15) is 41.5 Å². The van der Waals surface area contributed by atoms with E-state index in [1.54, 1.807) is 0 Å². The number of halogens is 1. The Bertz CT molecular complexity index is 910. The number of anilines is 2. The maximum atomic E-state index is 12.6. The number of amides is 2. The van der Waals surface area contributed by atoms with E-state index in [0.29, 0.717) is 29.7 Å². The summed E-state index contributed by atoms with van der Waals surface area (Å²) < 4.78 is 0. The van der Waals surface area contributed by atoms with E-state index < -0.39 is 0 Å². The van der Waals surface area contributed by atoms with Gasteiger partial charge in [0.05, 0.1) is 17.3 Å². The number of aryl methyl sites for hydroxylation is 4. The Hall–Kier alpha value is -2.37. The molecule has 2 N–H and O–H groups in total. The molecule has 0 aromatic heterocycles. The van der Waals surface area contributed by atoms with Crippen LogP contribution in [0.4, 0.5) is 11.4 Å². The van der Waals surface area contributed by atoms with E-state index in [1.165, 1.54) is 0 Å². The van der Waals surface area contributed by atoms with Gasteiger partial charge in [-0.3, -0.25) is 14.5 Å². The molecule has 1 fully saturated rings. The zero-order chi connectivity index (χ0) is 21.8. The van der Waals surface area contributed by atoms with Crippen LogP contribution >= 0.6 is 11.6 Å². The molecule has 1 saturated carbocycles. The molecule has 0 saturated heterocycles. The first-order chi connectivity index (χ1) is 14.2. The van der Waals surface area contributed by atoms with Gasteiger partial charge in [-0.05, 0) is 68.9 Å². The van der Waals surface area contributed by atoms with Crippen molar-refractivity contribution >= 4 is 34.8 Å². The van der Waals surface area contributed by atoms with E-state index >= 15 is 0 Å². The number of rotatable bonds is 8. The number of hydrogen-bond acceptors (Lipinski definition) is 3. The highest BCUT2D eigenvalue weighted by Crippen LogP contribution is 2.29. The molecule has 0 aliphatic heterocycles. The van der Waals surface area contributed by atoms with E-state index in [0.717, 1.165) is 40.8 Å². The maximum Gasteiger partial charge on any atom is 0.238 e. The molecule has 0 atom stereocenters. The van der Waals surface area contributed by atoms with Crippen LogP contribution in [0.15, 0.2) is 30.3 Å². The molecule has 0 heterocycles. The van der Waals surface area contributed by atoms with Gasteiger partial charge in [0.1, 0.15) is 0 Å². The van der Waals surface area contributed by atoms with Crippen molar-refractivity contribution in [2.24, 2.45) is 0 Å². The fourth-order valence-corrected chi connectivity index (χ4v) is 4.09. The number of benzene rings is 2. The molecule has 2 aromatic carbocycles. The number of hydrogen-bond donors (Lipinski definition) is 2. The summed E-state index contributed by atoms with van der Waals surface area (Å²) in [5, 5.41) is 6.52. The van der Waals surface area contributed by atoms with Gasteiger partial charge in [0.15, 0.2) is 0 Å². The Balaban J connectivity index is 1.56. The molecular weight excluding hydrogens is 398 g/mol. The SMILES string of the molecule is Cc1cc(C)c(NC(=O)CCN(CC(=O)Nc2c(C)cccc2C)C2CC2)c(Cl)c1. The van der Waals surface area contributed by atoms with Crippen molar-refractivity contribution in [3.63, 3.8) is 0 Å². The molecular formula is C24H30ClN3O2. The minimum Gasteiger partial charge on any atom is -0.325 e. The third kappa shape index (κ3) is 5.83. The van der Waals surface area contributed by atoms with Gasteiger partial charge in [-0.25, -0.2) is 0 Å². The van der Waals surface area contributed by atoms with Crippen molar-refractivity contribution in [2.45, 2.75) is 53.0 Å². The monoisotopic (exact) mass is 427 g/mol. The summed E-state index contributed by atoms with van der Waals surface area (Å²) in [5.41, 5.74) is 5.64. The molecule has 160 valence electrons. The van der Waals surface area contributed by atoms with Crippen molar-refractivity contribution in [3.05, 3.63) is 57.6 Å². The lowest BCUT2D eigenvalue weighted by atomic mass is 10.1. The highest BCUT2D eigenvalue weighted by Gasteiger charge is 2.30. The van der Waals surface area contributed by atoms with E-state index in [4.69, 9.17) is 11.6 Å². The molecule has 1 aliphatic carbocycles. The smallest absolute Gasteiger partial charge is 0.238 e. The second-order valence-corrected chi connectivity index (χ2v) is 8.66. The van der Waals surface area contributed by atoms with Crippen molar-refractivity contribution in [2.75, 3.05) is 23.7 Å². The second-order valence-electron chi connectivity index (χ2n) is 8.25. The fourth-order valence-electron chi connectivity index (χ4n) is 3.73. The molecule has 2 aromatic rings. The summed E-state index contributed by atoms with van der Waals surface area (Å²) in [4.78, 5) is 27.3. The van der Waals surface area contributed by atoms with Crippen LogP contribution in [0.3, 0.4) is 0 Å². The molecule has 2 amide bonds. The van der Waals surface area contributed by atoms with Gasteiger partial charge in [0, 0.05) is 24.7 Å². The number of carbonyl (C=O) groups excluding carboxylic acids is 2. The van der Waals surface area contributed by atoms with Crippen molar-refractivity contribution in [1.29, 1.82) is 0 Å². The minimum atomic E-state index is -0.0929. The second kappa shape index (κ2) is 9.63. The number of nitrogens with zero attached hydrogens (tertiary/aromatic N) is 1. The van der Waals surface area contributed by atoms with Crippen LogP contribution in [-0.4, -0.2) is 35.8 Å². The number of carbonyl (C=O) groups is 2. The predicted molar refractivity (Wildman–Crippen MR) is 123 cm³/mol. The van der Waals surface area contributed by atoms with Crippen molar-refractivity contribution in [1.82, 2.24) is 4.90 Å². The summed E-state index contributed by atoms with van der Waals surface area (Å²) in [7, 11) is 0. The first-order valence-corrected chi connectivity index (χ1v) is 10.8. The zero-order valence-corrected chi connectivity index (χ0v) is 18.9. The summed E-state index contributed by atoms with van der Waals surface area (Å²) in [5.74, 6) is -0.137. The molecule has 6 heteroatoms. The third-order valence-electron chi connectivity index (χ3n) is 5.48. The Morgan fingerprint density at radius 2 is 1.60 bits per heavy atom. The Labute approximate surface area is 183 Å². The largest absolute Gasteiger partial charge is 0.325 e. The van der Waals surface area contributed by atoms with Crippen LogP contribution in [0.5, 0.6) is 0 Å². The predicted octanol–water partition coefficient (Wildman–Crippen LogP) is 5.01. The lowest BCUT2D eigenvalue weighted by Gasteiger charge is -2.22. The quantitative estimate of drug-likeness (QED) is 0.622. The minimum absolute atomic E-state index is 0.0443. The summed E-state index contributed by atoms with van der Waals surface area (Å²) >= 11 is 6.30. The molecule has 5 nitrogen and oxygen atoms in total.